The molecule has 1 heterocycles. The van der Waals surface area contributed by atoms with Crippen molar-refractivity contribution in [3.63, 3.8) is 0 Å². The summed E-state index contributed by atoms with van der Waals surface area (Å²) in [5, 5.41) is 3.83. The van der Waals surface area contributed by atoms with Gasteiger partial charge in [0.15, 0.2) is 13.2 Å². The molecule has 3 aromatic rings. The number of nitrogens with zero attached hydrogens (tertiary/aromatic N) is 2. The minimum atomic E-state index is -0.888. The Labute approximate surface area is 151 Å². The van der Waals surface area contributed by atoms with Gasteiger partial charge in [-0.2, -0.15) is 4.98 Å². The van der Waals surface area contributed by atoms with Crippen molar-refractivity contribution in [3.8, 4) is 5.75 Å². The lowest BCUT2D eigenvalue weighted by atomic mass is 10.2. The van der Waals surface area contributed by atoms with Crippen LogP contribution in [0.2, 0.25) is 5.02 Å². The Morgan fingerprint density at radius 3 is 2.62 bits per heavy atom. The van der Waals surface area contributed by atoms with Crippen molar-refractivity contribution in [2.45, 2.75) is 13.2 Å². The minimum absolute atomic E-state index is 0.0189. The van der Waals surface area contributed by atoms with Gasteiger partial charge >= 0.3 is 5.97 Å². The van der Waals surface area contributed by atoms with Gasteiger partial charge in [0.05, 0.1) is 5.56 Å². The predicted octanol–water partition coefficient (Wildman–Crippen LogP) is 3.94. The van der Waals surface area contributed by atoms with E-state index in [0.717, 1.165) is 6.07 Å². The molecule has 0 amide bonds. The molecule has 2 aromatic carbocycles. The zero-order valence-corrected chi connectivity index (χ0v) is 13.9. The molecule has 0 aliphatic rings. The van der Waals surface area contributed by atoms with Crippen molar-refractivity contribution in [2.24, 2.45) is 0 Å². The van der Waals surface area contributed by atoms with Crippen LogP contribution in [0.15, 0.2) is 47.0 Å². The topological polar surface area (TPSA) is 74.5 Å². The second-order valence-electron chi connectivity index (χ2n) is 5.05. The summed E-state index contributed by atoms with van der Waals surface area (Å²) in [7, 11) is 0. The van der Waals surface area contributed by atoms with E-state index >= 15 is 0 Å². The van der Waals surface area contributed by atoms with Crippen molar-refractivity contribution in [2.75, 3.05) is 0 Å². The number of hydrogen-bond donors (Lipinski definition) is 0. The van der Waals surface area contributed by atoms with Crippen molar-refractivity contribution in [1.29, 1.82) is 0 Å². The monoisotopic (exact) mass is 380 g/mol. The zero-order chi connectivity index (χ0) is 18.5. The maximum Gasteiger partial charge on any atom is 0.341 e. The Hall–Kier alpha value is -3.00. The predicted molar refractivity (Wildman–Crippen MR) is 85.6 cm³/mol. The van der Waals surface area contributed by atoms with Gasteiger partial charge in [-0.15, -0.1) is 0 Å². The Bertz CT molecular complexity index is 915. The largest absolute Gasteiger partial charge is 0.485 e. The summed E-state index contributed by atoms with van der Waals surface area (Å²) in [6.45, 7) is -0.348. The molecule has 0 saturated heterocycles. The van der Waals surface area contributed by atoms with Crippen LogP contribution in [0.4, 0.5) is 8.78 Å². The number of carbonyl (C=O) groups is 1. The van der Waals surface area contributed by atoms with E-state index in [9.17, 15) is 13.6 Å². The number of ether oxygens (including phenoxy) is 2. The van der Waals surface area contributed by atoms with E-state index in [1.54, 1.807) is 0 Å². The van der Waals surface area contributed by atoms with Crippen LogP contribution in [-0.2, 0) is 18.0 Å². The summed E-state index contributed by atoms with van der Waals surface area (Å²) >= 11 is 5.62. The van der Waals surface area contributed by atoms with Gasteiger partial charge in [0.2, 0.25) is 5.82 Å². The van der Waals surface area contributed by atoms with E-state index in [1.807, 2.05) is 0 Å². The van der Waals surface area contributed by atoms with Crippen molar-refractivity contribution >= 4 is 17.6 Å². The molecule has 0 aliphatic carbocycles. The molecule has 9 heteroatoms. The van der Waals surface area contributed by atoms with Crippen LogP contribution in [0.3, 0.4) is 0 Å². The fraction of sp³-hybridized carbons (Fsp3) is 0.118. The molecule has 3 rings (SSSR count). The van der Waals surface area contributed by atoms with Gasteiger partial charge < -0.3 is 14.0 Å². The maximum absolute atomic E-state index is 13.6. The van der Waals surface area contributed by atoms with E-state index in [2.05, 4.69) is 10.1 Å². The molecule has 0 saturated carbocycles. The Kier molecular flexibility index (Phi) is 5.43. The SMILES string of the molecule is O=C(OCc1nc(COc2ccc(F)cc2)no1)c1ccc(Cl)cc1F. The Morgan fingerprint density at radius 1 is 1.12 bits per heavy atom. The number of rotatable bonds is 6. The molecule has 0 spiro atoms. The standard InChI is InChI=1S/C17H11ClF2N2O4/c18-10-1-6-13(14(20)7-10)17(23)25-9-16-21-15(22-26-16)8-24-12-4-2-11(19)3-5-12/h1-7H,8-9H2. The Balaban J connectivity index is 1.53. The fourth-order valence-corrected chi connectivity index (χ4v) is 2.10. The highest BCUT2D eigenvalue weighted by molar-refractivity contribution is 6.30. The van der Waals surface area contributed by atoms with Gasteiger partial charge in [-0.3, -0.25) is 0 Å². The number of esters is 1. The van der Waals surface area contributed by atoms with Gasteiger partial charge in [0, 0.05) is 5.02 Å². The molecular formula is C17H11ClF2N2O4. The van der Waals surface area contributed by atoms with E-state index < -0.39 is 11.8 Å². The number of carbonyl (C=O) groups excluding carboxylic acids is 1. The number of benzene rings is 2. The molecule has 0 atom stereocenters. The van der Waals surface area contributed by atoms with Crippen molar-refractivity contribution in [1.82, 2.24) is 10.1 Å². The number of halogens is 3. The molecule has 6 nitrogen and oxygen atoms in total. The number of aromatic nitrogens is 2. The van der Waals surface area contributed by atoms with Crippen LogP contribution in [-0.4, -0.2) is 16.1 Å². The van der Waals surface area contributed by atoms with Crippen LogP contribution < -0.4 is 4.74 Å². The van der Waals surface area contributed by atoms with E-state index in [0.29, 0.717) is 5.75 Å². The summed E-state index contributed by atoms with van der Waals surface area (Å²) in [5.74, 6) is -1.40. The molecule has 0 bridgehead atoms. The summed E-state index contributed by atoms with van der Waals surface area (Å²) in [5.41, 5.74) is -0.256. The Morgan fingerprint density at radius 2 is 1.88 bits per heavy atom. The molecule has 0 unspecified atom stereocenters. The molecule has 0 radical (unpaired) electrons. The lowest BCUT2D eigenvalue weighted by Crippen LogP contribution is -2.08. The van der Waals surface area contributed by atoms with Gasteiger partial charge in [0.1, 0.15) is 17.4 Å². The third-order valence-corrected chi connectivity index (χ3v) is 3.40. The number of hydrogen-bond acceptors (Lipinski definition) is 6. The maximum atomic E-state index is 13.6. The molecular weight excluding hydrogens is 370 g/mol. The summed E-state index contributed by atoms with van der Waals surface area (Å²) < 4.78 is 41.6. The molecule has 0 fully saturated rings. The molecule has 0 aliphatic heterocycles. The lowest BCUT2D eigenvalue weighted by molar-refractivity contribution is 0.0424. The first-order chi connectivity index (χ1) is 12.5. The molecule has 134 valence electrons. The normalized spacial score (nSPS) is 10.6. The van der Waals surface area contributed by atoms with Gasteiger partial charge in [0.25, 0.3) is 5.89 Å². The third-order valence-electron chi connectivity index (χ3n) is 3.17. The van der Waals surface area contributed by atoms with Crippen LogP contribution in [0.1, 0.15) is 22.1 Å². The summed E-state index contributed by atoms with van der Waals surface area (Å²) in [6.07, 6.45) is 0. The fourth-order valence-electron chi connectivity index (χ4n) is 1.95. The van der Waals surface area contributed by atoms with Gasteiger partial charge in [-0.25, -0.2) is 13.6 Å². The van der Waals surface area contributed by atoms with Crippen LogP contribution in [0, 0.1) is 11.6 Å². The lowest BCUT2D eigenvalue weighted by Gasteiger charge is -2.03. The first-order valence-corrected chi connectivity index (χ1v) is 7.71. The zero-order valence-electron chi connectivity index (χ0n) is 13.1. The highest BCUT2D eigenvalue weighted by atomic mass is 35.5. The van der Waals surface area contributed by atoms with Crippen LogP contribution >= 0.6 is 11.6 Å². The first kappa shape index (κ1) is 17.8. The van der Waals surface area contributed by atoms with Gasteiger partial charge in [-0.05, 0) is 42.5 Å². The van der Waals surface area contributed by atoms with Crippen LogP contribution in [0.5, 0.6) is 5.75 Å². The van der Waals surface area contributed by atoms with Crippen LogP contribution in [0.25, 0.3) is 0 Å². The first-order valence-electron chi connectivity index (χ1n) is 7.33. The van der Waals surface area contributed by atoms with Gasteiger partial charge in [-0.1, -0.05) is 16.8 Å². The molecule has 1 aromatic heterocycles. The smallest absolute Gasteiger partial charge is 0.341 e. The second-order valence-corrected chi connectivity index (χ2v) is 5.48. The summed E-state index contributed by atoms with van der Waals surface area (Å²) in [6, 6.07) is 9.03. The average Bonchev–Trinajstić information content (AvgIpc) is 3.07. The minimum Gasteiger partial charge on any atom is -0.485 e. The quantitative estimate of drug-likeness (QED) is 0.603. The second kappa shape index (κ2) is 7.92. The molecule has 0 N–H and O–H groups in total. The highest BCUT2D eigenvalue weighted by Crippen LogP contribution is 2.16. The van der Waals surface area contributed by atoms with E-state index in [4.69, 9.17) is 25.6 Å². The van der Waals surface area contributed by atoms with Crippen molar-refractivity contribution < 1.29 is 27.6 Å². The molecule has 26 heavy (non-hydrogen) atoms. The average molecular weight is 381 g/mol. The van der Waals surface area contributed by atoms with Crippen molar-refractivity contribution in [3.05, 3.63) is 76.4 Å². The third kappa shape index (κ3) is 4.54. The summed E-state index contributed by atoms with van der Waals surface area (Å²) in [4.78, 5) is 15.8. The van der Waals surface area contributed by atoms with E-state index in [-0.39, 0.29) is 41.3 Å². The highest BCUT2D eigenvalue weighted by Gasteiger charge is 2.15. The van der Waals surface area contributed by atoms with E-state index in [1.165, 1.54) is 36.4 Å².